The lowest BCUT2D eigenvalue weighted by Gasteiger charge is -2.19. The van der Waals surface area contributed by atoms with Gasteiger partial charge >= 0.3 is 0 Å². The lowest BCUT2D eigenvalue weighted by atomic mass is 9.87. The van der Waals surface area contributed by atoms with Crippen LogP contribution in [-0.2, 0) is 17.6 Å². The summed E-state index contributed by atoms with van der Waals surface area (Å²) < 4.78 is 0. The van der Waals surface area contributed by atoms with Crippen LogP contribution in [0.1, 0.15) is 60.8 Å². The molecular formula is C17H23N3OS2. The number of carbonyl (C=O) groups is 1. The maximum atomic E-state index is 11.8. The van der Waals surface area contributed by atoms with E-state index in [1.807, 2.05) is 5.38 Å². The Morgan fingerprint density at radius 2 is 2.09 bits per heavy atom. The third-order valence-corrected chi connectivity index (χ3v) is 5.91. The number of nitrogens with one attached hydrogen (secondary N) is 1. The molecule has 23 heavy (non-hydrogen) atoms. The molecule has 6 heteroatoms. The van der Waals surface area contributed by atoms with E-state index in [0.717, 1.165) is 23.5 Å². The number of hydrogen-bond acceptors (Lipinski definition) is 5. The molecule has 0 radical (unpaired) electrons. The molecule has 2 aromatic rings. The average molecular weight is 350 g/mol. The SMILES string of the molecule is O=C(CCc1cscn1)NCCc1nc(C2CCCCC2)cs1. The fourth-order valence-corrected chi connectivity index (χ4v) is 4.50. The van der Waals surface area contributed by atoms with E-state index in [-0.39, 0.29) is 5.91 Å². The Morgan fingerprint density at radius 1 is 1.22 bits per heavy atom. The van der Waals surface area contributed by atoms with E-state index in [9.17, 15) is 4.79 Å². The summed E-state index contributed by atoms with van der Waals surface area (Å²) in [6, 6.07) is 0. The van der Waals surface area contributed by atoms with Gasteiger partial charge in [-0.15, -0.1) is 22.7 Å². The van der Waals surface area contributed by atoms with Crippen molar-refractivity contribution in [3.05, 3.63) is 32.7 Å². The van der Waals surface area contributed by atoms with Gasteiger partial charge in [-0.1, -0.05) is 19.3 Å². The summed E-state index contributed by atoms with van der Waals surface area (Å²) >= 11 is 3.31. The van der Waals surface area contributed by atoms with E-state index >= 15 is 0 Å². The summed E-state index contributed by atoms with van der Waals surface area (Å²) in [5.74, 6) is 0.767. The molecule has 2 heterocycles. The molecule has 4 nitrogen and oxygen atoms in total. The van der Waals surface area contributed by atoms with Crippen molar-refractivity contribution in [2.75, 3.05) is 6.54 Å². The van der Waals surface area contributed by atoms with Crippen molar-refractivity contribution in [2.45, 2.75) is 57.3 Å². The predicted octanol–water partition coefficient (Wildman–Crippen LogP) is 3.94. The minimum atomic E-state index is 0.0991. The Labute approximate surface area is 145 Å². The van der Waals surface area contributed by atoms with E-state index in [2.05, 4.69) is 15.7 Å². The summed E-state index contributed by atoms with van der Waals surface area (Å²) in [6.45, 7) is 0.674. The van der Waals surface area contributed by atoms with Gasteiger partial charge in [-0.2, -0.15) is 0 Å². The van der Waals surface area contributed by atoms with Crippen LogP contribution in [-0.4, -0.2) is 22.4 Å². The lowest BCUT2D eigenvalue weighted by Crippen LogP contribution is -2.25. The first-order chi connectivity index (χ1) is 11.3. The zero-order valence-corrected chi connectivity index (χ0v) is 14.9. The van der Waals surface area contributed by atoms with Crippen LogP contribution in [0.25, 0.3) is 0 Å². The lowest BCUT2D eigenvalue weighted by molar-refractivity contribution is -0.121. The minimum Gasteiger partial charge on any atom is -0.356 e. The van der Waals surface area contributed by atoms with E-state index in [0.29, 0.717) is 18.9 Å². The second-order valence-electron chi connectivity index (χ2n) is 6.08. The topological polar surface area (TPSA) is 54.9 Å². The van der Waals surface area contributed by atoms with Gasteiger partial charge in [0, 0.05) is 36.1 Å². The summed E-state index contributed by atoms with van der Waals surface area (Å²) in [4.78, 5) is 20.8. The molecule has 0 bridgehead atoms. The Kier molecular flexibility index (Phi) is 6.16. The molecule has 0 unspecified atom stereocenters. The highest BCUT2D eigenvalue weighted by Crippen LogP contribution is 2.33. The number of nitrogens with zero attached hydrogens (tertiary/aromatic N) is 2. The Balaban J connectivity index is 1.37. The number of hydrogen-bond donors (Lipinski definition) is 1. The highest BCUT2D eigenvalue weighted by molar-refractivity contribution is 7.09. The normalized spacial score (nSPS) is 15.7. The maximum absolute atomic E-state index is 11.8. The molecule has 1 aliphatic rings. The largest absolute Gasteiger partial charge is 0.356 e. The number of aryl methyl sites for hydroxylation is 1. The molecule has 1 amide bonds. The van der Waals surface area contributed by atoms with E-state index in [1.54, 1.807) is 28.2 Å². The third kappa shape index (κ3) is 5.11. The van der Waals surface area contributed by atoms with Gasteiger partial charge in [0.2, 0.25) is 5.91 Å². The first-order valence-electron chi connectivity index (χ1n) is 8.39. The van der Waals surface area contributed by atoms with Gasteiger partial charge in [-0.25, -0.2) is 9.97 Å². The van der Waals surface area contributed by atoms with Crippen molar-refractivity contribution < 1.29 is 4.79 Å². The van der Waals surface area contributed by atoms with Gasteiger partial charge in [0.15, 0.2) is 0 Å². The highest BCUT2D eigenvalue weighted by Gasteiger charge is 2.18. The Morgan fingerprint density at radius 3 is 2.87 bits per heavy atom. The van der Waals surface area contributed by atoms with E-state index < -0.39 is 0 Å². The van der Waals surface area contributed by atoms with Crippen LogP contribution < -0.4 is 5.32 Å². The van der Waals surface area contributed by atoms with Gasteiger partial charge < -0.3 is 5.32 Å². The summed E-state index contributed by atoms with van der Waals surface area (Å²) in [7, 11) is 0. The quantitative estimate of drug-likeness (QED) is 0.824. The molecule has 0 spiro atoms. The van der Waals surface area contributed by atoms with Crippen molar-refractivity contribution in [3.63, 3.8) is 0 Å². The number of thiazole rings is 2. The van der Waals surface area contributed by atoms with Gasteiger partial charge in [-0.05, 0) is 19.3 Å². The number of amides is 1. The molecule has 3 rings (SSSR count). The summed E-state index contributed by atoms with van der Waals surface area (Å²) in [5.41, 5.74) is 4.08. The second kappa shape index (κ2) is 8.55. The molecule has 0 atom stereocenters. The van der Waals surface area contributed by atoms with Crippen LogP contribution in [0.4, 0.5) is 0 Å². The molecule has 0 aliphatic heterocycles. The van der Waals surface area contributed by atoms with Crippen molar-refractivity contribution in [3.8, 4) is 0 Å². The average Bonchev–Trinajstić information content (AvgIpc) is 3.26. The Hall–Kier alpha value is -1.27. The summed E-state index contributed by atoms with van der Waals surface area (Å²) in [6.07, 6.45) is 8.69. The highest BCUT2D eigenvalue weighted by atomic mass is 32.1. The van der Waals surface area contributed by atoms with Crippen molar-refractivity contribution in [1.29, 1.82) is 0 Å². The van der Waals surface area contributed by atoms with Crippen LogP contribution >= 0.6 is 22.7 Å². The Bertz CT molecular complexity index is 603. The van der Waals surface area contributed by atoms with Crippen LogP contribution in [0, 0.1) is 0 Å². The first-order valence-corrected chi connectivity index (χ1v) is 10.2. The predicted molar refractivity (Wildman–Crippen MR) is 95.1 cm³/mol. The van der Waals surface area contributed by atoms with Crippen LogP contribution in [0.5, 0.6) is 0 Å². The molecule has 1 fully saturated rings. The smallest absolute Gasteiger partial charge is 0.220 e. The van der Waals surface area contributed by atoms with Gasteiger partial charge in [0.25, 0.3) is 0 Å². The van der Waals surface area contributed by atoms with Crippen LogP contribution in [0.2, 0.25) is 0 Å². The zero-order chi connectivity index (χ0) is 15.9. The van der Waals surface area contributed by atoms with Gasteiger partial charge in [0.1, 0.15) is 0 Å². The molecule has 1 aliphatic carbocycles. The molecular weight excluding hydrogens is 326 g/mol. The van der Waals surface area contributed by atoms with Gasteiger partial charge in [-0.3, -0.25) is 4.79 Å². The molecule has 1 saturated carbocycles. The zero-order valence-electron chi connectivity index (χ0n) is 13.3. The third-order valence-electron chi connectivity index (χ3n) is 4.35. The second-order valence-corrected chi connectivity index (χ2v) is 7.74. The van der Waals surface area contributed by atoms with E-state index in [4.69, 9.17) is 4.98 Å². The van der Waals surface area contributed by atoms with Gasteiger partial charge in [0.05, 0.1) is 21.9 Å². The molecule has 0 aromatic carbocycles. The van der Waals surface area contributed by atoms with E-state index in [1.165, 1.54) is 37.8 Å². The molecule has 0 saturated heterocycles. The van der Waals surface area contributed by atoms with Crippen LogP contribution in [0.3, 0.4) is 0 Å². The number of rotatable bonds is 7. The number of carbonyl (C=O) groups excluding carboxylic acids is 1. The monoisotopic (exact) mass is 349 g/mol. The fourth-order valence-electron chi connectivity index (χ4n) is 3.03. The molecule has 2 aromatic heterocycles. The van der Waals surface area contributed by atoms with Crippen molar-refractivity contribution in [1.82, 2.24) is 15.3 Å². The maximum Gasteiger partial charge on any atom is 0.220 e. The molecule has 124 valence electrons. The standard InChI is InChI=1S/C17H23N3OS2/c21-16(7-6-14-10-22-12-19-14)18-9-8-17-20-15(11-23-17)13-4-2-1-3-5-13/h10-13H,1-9H2,(H,18,21). The fraction of sp³-hybridized carbons (Fsp3) is 0.588. The summed E-state index contributed by atoms with van der Waals surface area (Å²) in [5, 5.41) is 8.34. The van der Waals surface area contributed by atoms with Crippen molar-refractivity contribution >= 4 is 28.6 Å². The van der Waals surface area contributed by atoms with Crippen LogP contribution in [0.15, 0.2) is 16.3 Å². The number of aromatic nitrogens is 2. The minimum absolute atomic E-state index is 0.0991. The molecule has 1 N–H and O–H groups in total. The first kappa shape index (κ1) is 16.6. The van der Waals surface area contributed by atoms with Crippen molar-refractivity contribution in [2.24, 2.45) is 0 Å².